The van der Waals surface area contributed by atoms with E-state index >= 15 is 0 Å². The normalized spacial score (nSPS) is 11.0. The Labute approximate surface area is 160 Å². The molecule has 0 bridgehead atoms. The first-order valence-electron chi connectivity index (χ1n) is 9.74. The van der Waals surface area contributed by atoms with Gasteiger partial charge in [0, 0.05) is 0 Å². The molecule has 1 nitrogen and oxygen atoms in total. The lowest BCUT2D eigenvalue weighted by Gasteiger charge is -2.09. The Balaban J connectivity index is 1.71. The zero-order chi connectivity index (χ0) is 18.6. The first kappa shape index (κ1) is 17.3. The second-order valence-corrected chi connectivity index (χ2v) is 7.20. The molecule has 4 aromatic rings. The van der Waals surface area contributed by atoms with E-state index in [9.17, 15) is 0 Å². The molecule has 132 valence electrons. The highest BCUT2D eigenvalue weighted by molar-refractivity contribution is 6.08. The minimum Gasteiger partial charge on any atom is -0.192 e. The van der Waals surface area contributed by atoms with Gasteiger partial charge in [-0.15, -0.1) is 0 Å². The van der Waals surface area contributed by atoms with E-state index in [1.54, 1.807) is 0 Å². The van der Waals surface area contributed by atoms with Crippen LogP contribution in [0.4, 0.5) is 0 Å². The average Bonchev–Trinajstić information content (AvgIpc) is 2.73. The minimum atomic E-state index is 0.695. The molecule has 0 aliphatic carbocycles. The molecule has 0 aliphatic rings. The monoisotopic (exact) mass is 349 g/mol. The summed E-state index contributed by atoms with van der Waals surface area (Å²) in [6.07, 6.45) is 5.00. The van der Waals surface area contributed by atoms with Gasteiger partial charge in [-0.25, -0.2) is 0 Å². The number of nitriles is 1. The Hall–Kier alpha value is -3.11. The Bertz CT molecular complexity index is 1130. The maximum absolute atomic E-state index is 8.97. The average molecular weight is 349 g/mol. The summed E-state index contributed by atoms with van der Waals surface area (Å²) in [5.41, 5.74) is 4.45. The van der Waals surface area contributed by atoms with Crippen molar-refractivity contribution in [2.75, 3.05) is 0 Å². The van der Waals surface area contributed by atoms with E-state index in [0.717, 1.165) is 5.56 Å². The van der Waals surface area contributed by atoms with E-state index in [1.165, 1.54) is 58.4 Å². The number of aryl methyl sites for hydroxylation is 1. The molecular weight excluding hydrogens is 326 g/mol. The first-order chi connectivity index (χ1) is 13.3. The fraction of sp³-hybridized carbons (Fsp3) is 0.192. The summed E-state index contributed by atoms with van der Waals surface area (Å²) < 4.78 is 0. The third kappa shape index (κ3) is 3.57. The predicted octanol–water partition coefficient (Wildman–Crippen LogP) is 7.26. The van der Waals surface area contributed by atoms with Crippen LogP contribution in [0.1, 0.15) is 37.3 Å². The summed E-state index contributed by atoms with van der Waals surface area (Å²) in [6, 6.07) is 28.0. The molecule has 4 aromatic carbocycles. The molecule has 0 unspecified atom stereocenters. The second-order valence-electron chi connectivity index (χ2n) is 7.20. The first-order valence-corrected chi connectivity index (χ1v) is 9.74. The highest BCUT2D eigenvalue weighted by atomic mass is 14.2. The van der Waals surface area contributed by atoms with E-state index in [1.807, 2.05) is 24.3 Å². The van der Waals surface area contributed by atoms with Gasteiger partial charge in [-0.3, -0.25) is 0 Å². The predicted molar refractivity (Wildman–Crippen MR) is 115 cm³/mol. The highest BCUT2D eigenvalue weighted by Gasteiger charge is 2.05. The molecule has 1 heteroatoms. The number of hydrogen-bond acceptors (Lipinski definition) is 1. The molecule has 0 saturated carbocycles. The van der Waals surface area contributed by atoms with Crippen molar-refractivity contribution in [2.45, 2.75) is 32.6 Å². The summed E-state index contributed by atoms with van der Waals surface area (Å²) in [4.78, 5) is 0. The van der Waals surface area contributed by atoms with Crippen molar-refractivity contribution in [3.63, 3.8) is 0 Å². The van der Waals surface area contributed by atoms with Crippen LogP contribution in [0.2, 0.25) is 0 Å². The molecule has 0 radical (unpaired) electrons. The molecule has 0 spiro atoms. The lowest BCUT2D eigenvalue weighted by Crippen LogP contribution is -1.87. The maximum atomic E-state index is 8.97. The molecule has 0 aromatic heterocycles. The van der Waals surface area contributed by atoms with E-state index in [2.05, 4.69) is 61.5 Å². The van der Waals surface area contributed by atoms with Crippen LogP contribution in [-0.4, -0.2) is 0 Å². The van der Waals surface area contributed by atoms with E-state index in [4.69, 9.17) is 5.26 Å². The summed E-state index contributed by atoms with van der Waals surface area (Å²) in [6.45, 7) is 2.25. The quantitative estimate of drug-likeness (QED) is 0.275. The molecule has 0 fully saturated rings. The van der Waals surface area contributed by atoms with Crippen molar-refractivity contribution in [1.29, 1.82) is 5.26 Å². The van der Waals surface area contributed by atoms with Gasteiger partial charge in [0.2, 0.25) is 0 Å². The zero-order valence-corrected chi connectivity index (χ0v) is 15.7. The topological polar surface area (TPSA) is 23.8 Å². The molecular formula is C26H23N. The van der Waals surface area contributed by atoms with Crippen LogP contribution in [0.15, 0.2) is 72.8 Å². The van der Waals surface area contributed by atoms with Gasteiger partial charge in [0.05, 0.1) is 11.6 Å². The van der Waals surface area contributed by atoms with Crippen LogP contribution in [0.25, 0.3) is 32.7 Å². The van der Waals surface area contributed by atoms with Gasteiger partial charge in [0.1, 0.15) is 0 Å². The van der Waals surface area contributed by atoms with Crippen LogP contribution >= 0.6 is 0 Å². The molecule has 0 aliphatic heterocycles. The van der Waals surface area contributed by atoms with E-state index in [0.29, 0.717) is 5.56 Å². The summed E-state index contributed by atoms with van der Waals surface area (Å²) in [5, 5.41) is 14.2. The van der Waals surface area contributed by atoms with E-state index < -0.39 is 0 Å². The number of benzene rings is 4. The lowest BCUT2D eigenvalue weighted by atomic mass is 9.95. The number of nitrogens with zero attached hydrogens (tertiary/aromatic N) is 1. The maximum Gasteiger partial charge on any atom is 0.0991 e. The zero-order valence-electron chi connectivity index (χ0n) is 15.7. The van der Waals surface area contributed by atoms with Crippen LogP contribution < -0.4 is 0 Å². The lowest BCUT2D eigenvalue weighted by molar-refractivity contribution is 0.718. The Morgan fingerprint density at radius 3 is 2.07 bits per heavy atom. The number of hydrogen-bond donors (Lipinski definition) is 0. The Kier molecular flexibility index (Phi) is 4.90. The molecule has 4 rings (SSSR count). The van der Waals surface area contributed by atoms with Crippen molar-refractivity contribution < 1.29 is 0 Å². The van der Waals surface area contributed by atoms with Gasteiger partial charge >= 0.3 is 0 Å². The van der Waals surface area contributed by atoms with Crippen molar-refractivity contribution in [3.05, 3.63) is 83.9 Å². The Morgan fingerprint density at radius 1 is 0.704 bits per heavy atom. The van der Waals surface area contributed by atoms with Crippen LogP contribution in [0.3, 0.4) is 0 Å². The number of unbranched alkanes of at least 4 members (excludes halogenated alkanes) is 2. The summed E-state index contributed by atoms with van der Waals surface area (Å²) in [7, 11) is 0. The molecule has 0 heterocycles. The van der Waals surface area contributed by atoms with E-state index in [-0.39, 0.29) is 0 Å². The fourth-order valence-corrected chi connectivity index (χ4v) is 3.77. The molecule has 0 amide bonds. The number of fused-ring (bicyclic) bond motifs is 3. The van der Waals surface area contributed by atoms with Gasteiger partial charge in [-0.2, -0.15) is 5.26 Å². The number of rotatable bonds is 5. The highest BCUT2D eigenvalue weighted by Crippen LogP contribution is 2.30. The van der Waals surface area contributed by atoms with Gasteiger partial charge in [0.15, 0.2) is 0 Å². The van der Waals surface area contributed by atoms with Gasteiger partial charge < -0.3 is 0 Å². The van der Waals surface area contributed by atoms with Gasteiger partial charge in [-0.05, 0) is 69.3 Å². The van der Waals surface area contributed by atoms with Crippen molar-refractivity contribution >= 4 is 21.5 Å². The molecule has 0 saturated heterocycles. The molecule has 0 atom stereocenters. The van der Waals surface area contributed by atoms with Crippen LogP contribution in [0.5, 0.6) is 0 Å². The third-order valence-corrected chi connectivity index (χ3v) is 5.32. The van der Waals surface area contributed by atoms with Crippen molar-refractivity contribution in [2.24, 2.45) is 0 Å². The third-order valence-electron chi connectivity index (χ3n) is 5.32. The van der Waals surface area contributed by atoms with Crippen LogP contribution in [-0.2, 0) is 6.42 Å². The molecule has 0 N–H and O–H groups in total. The van der Waals surface area contributed by atoms with Crippen LogP contribution in [0, 0.1) is 11.3 Å². The Morgan fingerprint density at radius 2 is 1.37 bits per heavy atom. The van der Waals surface area contributed by atoms with Gasteiger partial charge in [-0.1, -0.05) is 74.4 Å². The smallest absolute Gasteiger partial charge is 0.0991 e. The second kappa shape index (κ2) is 7.64. The molecule has 27 heavy (non-hydrogen) atoms. The SMILES string of the molecule is CCCCCc1ccc2c(ccc3cc(-c4ccc(C#N)cc4)ccc32)c1. The minimum absolute atomic E-state index is 0.695. The van der Waals surface area contributed by atoms with Crippen molar-refractivity contribution in [1.82, 2.24) is 0 Å². The fourth-order valence-electron chi connectivity index (χ4n) is 3.77. The largest absolute Gasteiger partial charge is 0.192 e. The van der Waals surface area contributed by atoms with Gasteiger partial charge in [0.25, 0.3) is 0 Å². The standard InChI is InChI=1S/C26H23N/c1-2-3-4-5-19-8-14-25-23(16-19)11-12-24-17-22(13-15-26(24)25)21-9-6-20(18-27)7-10-21/h6-17H,2-5H2,1H3. The summed E-state index contributed by atoms with van der Waals surface area (Å²) in [5.74, 6) is 0. The summed E-state index contributed by atoms with van der Waals surface area (Å²) >= 11 is 0. The van der Waals surface area contributed by atoms with Crippen molar-refractivity contribution in [3.8, 4) is 17.2 Å².